The van der Waals surface area contributed by atoms with E-state index in [-0.39, 0.29) is 23.1 Å². The quantitative estimate of drug-likeness (QED) is 0.236. The van der Waals surface area contributed by atoms with Gasteiger partial charge in [0.25, 0.3) is 0 Å². The van der Waals surface area contributed by atoms with Crippen LogP contribution in [0.25, 0.3) is 34.2 Å². The van der Waals surface area contributed by atoms with Crippen molar-refractivity contribution in [2.75, 3.05) is 6.61 Å². The van der Waals surface area contributed by atoms with Crippen molar-refractivity contribution in [2.24, 2.45) is 5.92 Å². The molecule has 0 aliphatic carbocycles. The van der Waals surface area contributed by atoms with Crippen molar-refractivity contribution < 1.29 is 19.7 Å². The van der Waals surface area contributed by atoms with Crippen molar-refractivity contribution in [1.29, 1.82) is 0 Å². The molecule has 4 rings (SSSR count). The minimum absolute atomic E-state index is 0.0220. The van der Waals surface area contributed by atoms with Crippen molar-refractivity contribution in [3.8, 4) is 45.7 Å². The van der Waals surface area contributed by atoms with Gasteiger partial charge in [-0.2, -0.15) is 0 Å². The second kappa shape index (κ2) is 12.1. The Bertz CT molecular complexity index is 1310. The van der Waals surface area contributed by atoms with Crippen LogP contribution in [0.5, 0.6) is 11.5 Å². The number of esters is 1. The Morgan fingerprint density at radius 1 is 0.811 bits per heavy atom. The van der Waals surface area contributed by atoms with Gasteiger partial charge in [-0.1, -0.05) is 69.5 Å². The maximum absolute atomic E-state index is 12.8. The number of rotatable bonds is 10. The van der Waals surface area contributed by atoms with Gasteiger partial charge in [-0.15, -0.1) is 0 Å². The largest absolute Gasteiger partial charge is 0.507 e. The van der Waals surface area contributed by atoms with Crippen molar-refractivity contribution in [2.45, 2.75) is 39.5 Å². The molecular weight excluding hydrogens is 466 g/mol. The summed E-state index contributed by atoms with van der Waals surface area (Å²) in [6, 6.07) is 20.4. The molecule has 2 N–H and O–H groups in total. The Kier molecular flexibility index (Phi) is 8.46. The molecule has 4 aromatic rings. The molecule has 0 radical (unpaired) electrons. The maximum atomic E-state index is 12.8. The molecule has 0 bridgehead atoms. The lowest BCUT2D eigenvalue weighted by Gasteiger charge is -2.15. The van der Waals surface area contributed by atoms with Crippen molar-refractivity contribution >= 4 is 5.97 Å². The first kappa shape index (κ1) is 25.8. The summed E-state index contributed by atoms with van der Waals surface area (Å²) >= 11 is 0. The predicted molar refractivity (Wildman–Crippen MR) is 143 cm³/mol. The fourth-order valence-corrected chi connectivity index (χ4v) is 4.03. The number of carbonyl (C=O) groups excluding carboxylic acids is 1. The average molecular weight is 498 g/mol. The summed E-state index contributed by atoms with van der Waals surface area (Å²) in [5, 5.41) is 20.9. The zero-order valence-corrected chi connectivity index (χ0v) is 21.1. The van der Waals surface area contributed by atoms with Gasteiger partial charge in [-0.25, -0.2) is 19.7 Å². The highest BCUT2D eigenvalue weighted by Gasteiger charge is 2.18. The van der Waals surface area contributed by atoms with E-state index in [1.807, 2.05) is 0 Å². The third-order valence-corrected chi connectivity index (χ3v) is 6.28. The number of hydrogen-bond acceptors (Lipinski definition) is 7. The van der Waals surface area contributed by atoms with Crippen molar-refractivity contribution in [3.05, 3.63) is 78.4 Å². The molecule has 7 nitrogen and oxygen atoms in total. The molecule has 1 heterocycles. The molecule has 0 fully saturated rings. The summed E-state index contributed by atoms with van der Waals surface area (Å²) in [5.41, 5.74) is 1.84. The fourth-order valence-electron chi connectivity index (χ4n) is 4.03. The summed E-state index contributed by atoms with van der Waals surface area (Å²) in [5.74, 6) is 0.788. The Morgan fingerprint density at radius 2 is 1.41 bits per heavy atom. The van der Waals surface area contributed by atoms with Crippen molar-refractivity contribution in [1.82, 2.24) is 15.0 Å². The lowest BCUT2D eigenvalue weighted by Crippen LogP contribution is -2.14. The van der Waals surface area contributed by atoms with E-state index >= 15 is 0 Å². The van der Waals surface area contributed by atoms with Crippen LogP contribution in [0.15, 0.2) is 72.8 Å². The van der Waals surface area contributed by atoms with E-state index in [9.17, 15) is 15.0 Å². The lowest BCUT2D eigenvalue weighted by molar-refractivity contribution is 0.0428. The normalized spacial score (nSPS) is 11.7. The number of aromatic hydroxyl groups is 2. The van der Waals surface area contributed by atoms with Crippen LogP contribution in [0, 0.1) is 5.92 Å². The first-order valence-electron chi connectivity index (χ1n) is 12.6. The number of ether oxygens (including phenoxy) is 1. The van der Waals surface area contributed by atoms with Gasteiger partial charge in [-0.05, 0) is 48.7 Å². The highest BCUT2D eigenvalue weighted by molar-refractivity contribution is 5.90. The molecule has 0 saturated carbocycles. The molecule has 1 aromatic heterocycles. The molecule has 0 saturated heterocycles. The summed E-state index contributed by atoms with van der Waals surface area (Å²) < 4.78 is 5.63. The standard InChI is InChI=1S/C30H31N3O4/c1-3-5-11-20(4-2)19-37-30(36)22-13-10-12-21(18-22)27-31-28(23-14-6-8-16-25(23)34)33-29(32-27)24-15-7-9-17-26(24)35/h6-10,12-18,20,34-35H,3-5,11,19H2,1-2H3. The molecule has 0 amide bonds. The number of aromatic nitrogens is 3. The Hall–Kier alpha value is -4.26. The topological polar surface area (TPSA) is 105 Å². The van der Waals surface area contributed by atoms with Crippen LogP contribution >= 0.6 is 0 Å². The molecule has 190 valence electrons. The second-order valence-corrected chi connectivity index (χ2v) is 8.94. The number of hydrogen-bond donors (Lipinski definition) is 2. The van der Waals surface area contributed by atoms with Crippen LogP contribution in [-0.2, 0) is 4.74 Å². The second-order valence-electron chi connectivity index (χ2n) is 8.94. The van der Waals surface area contributed by atoms with Crippen LogP contribution in [0.1, 0.15) is 49.9 Å². The van der Waals surface area contributed by atoms with Crippen LogP contribution in [0.2, 0.25) is 0 Å². The van der Waals surface area contributed by atoms with E-state index in [2.05, 4.69) is 28.8 Å². The van der Waals surface area contributed by atoms with Gasteiger partial charge in [0.05, 0.1) is 23.3 Å². The molecule has 0 aliphatic rings. The van der Waals surface area contributed by atoms with Gasteiger partial charge in [0.1, 0.15) is 11.5 Å². The number of carbonyl (C=O) groups is 1. The van der Waals surface area contributed by atoms with E-state index < -0.39 is 5.97 Å². The lowest BCUT2D eigenvalue weighted by atomic mass is 10.0. The Labute approximate surface area is 216 Å². The highest BCUT2D eigenvalue weighted by Crippen LogP contribution is 2.32. The van der Waals surface area contributed by atoms with E-state index in [0.717, 1.165) is 25.7 Å². The number of para-hydroxylation sites is 2. The summed E-state index contributed by atoms with van der Waals surface area (Å²) in [6.45, 7) is 4.65. The number of nitrogens with zero attached hydrogens (tertiary/aromatic N) is 3. The zero-order chi connectivity index (χ0) is 26.2. The third kappa shape index (κ3) is 6.30. The fraction of sp³-hybridized carbons (Fsp3) is 0.267. The van der Waals surface area contributed by atoms with Gasteiger partial charge in [0.2, 0.25) is 0 Å². The van der Waals surface area contributed by atoms with Gasteiger partial charge in [-0.3, -0.25) is 0 Å². The van der Waals surface area contributed by atoms with Crippen LogP contribution in [-0.4, -0.2) is 37.7 Å². The smallest absolute Gasteiger partial charge is 0.338 e. The SMILES string of the molecule is CCCCC(CC)COC(=O)c1cccc(-c2nc(-c3ccccc3O)nc(-c3ccccc3O)n2)c1. The van der Waals surface area contributed by atoms with Crippen LogP contribution in [0.3, 0.4) is 0 Å². The van der Waals surface area contributed by atoms with Crippen LogP contribution < -0.4 is 0 Å². The van der Waals surface area contributed by atoms with Gasteiger partial charge in [0.15, 0.2) is 17.5 Å². The molecule has 7 heteroatoms. The average Bonchev–Trinajstić information content (AvgIpc) is 2.93. The van der Waals surface area contributed by atoms with Gasteiger partial charge in [0, 0.05) is 5.56 Å². The summed E-state index contributed by atoms with van der Waals surface area (Å²) in [4.78, 5) is 26.6. The molecule has 0 aliphatic heterocycles. The molecule has 1 atom stereocenters. The molecule has 1 unspecified atom stereocenters. The summed E-state index contributed by atoms with van der Waals surface area (Å²) in [7, 11) is 0. The summed E-state index contributed by atoms with van der Waals surface area (Å²) in [6.07, 6.45) is 4.23. The third-order valence-electron chi connectivity index (χ3n) is 6.28. The van der Waals surface area contributed by atoms with Gasteiger partial charge < -0.3 is 14.9 Å². The number of phenolic OH excluding ortho intramolecular Hbond substituents is 2. The minimum Gasteiger partial charge on any atom is -0.507 e. The number of benzene rings is 3. The van der Waals surface area contributed by atoms with E-state index in [0.29, 0.717) is 40.6 Å². The van der Waals surface area contributed by atoms with E-state index in [4.69, 9.17) is 4.74 Å². The molecule has 0 spiro atoms. The van der Waals surface area contributed by atoms with Gasteiger partial charge >= 0.3 is 5.97 Å². The Morgan fingerprint density at radius 3 is 1.97 bits per heavy atom. The molecule has 3 aromatic carbocycles. The van der Waals surface area contributed by atoms with Crippen LogP contribution in [0.4, 0.5) is 0 Å². The monoisotopic (exact) mass is 497 g/mol. The highest BCUT2D eigenvalue weighted by atomic mass is 16.5. The zero-order valence-electron chi connectivity index (χ0n) is 21.1. The molecule has 37 heavy (non-hydrogen) atoms. The number of unbranched alkanes of at least 4 members (excludes halogenated alkanes) is 1. The molecular formula is C30H31N3O4. The minimum atomic E-state index is -0.396. The first-order valence-corrected chi connectivity index (χ1v) is 12.6. The number of phenols is 2. The van der Waals surface area contributed by atoms with E-state index in [1.165, 1.54) is 0 Å². The predicted octanol–water partition coefficient (Wildman–Crippen LogP) is 6.66. The first-order chi connectivity index (χ1) is 18.0. The maximum Gasteiger partial charge on any atom is 0.338 e. The van der Waals surface area contributed by atoms with E-state index in [1.54, 1.807) is 72.8 Å². The van der Waals surface area contributed by atoms with Crippen molar-refractivity contribution in [3.63, 3.8) is 0 Å². The Balaban J connectivity index is 1.70.